The van der Waals surface area contributed by atoms with Crippen molar-refractivity contribution in [2.24, 2.45) is 0 Å². The Morgan fingerprint density at radius 2 is 2.00 bits per heavy atom. The molecule has 3 nitrogen and oxygen atoms in total. The van der Waals surface area contributed by atoms with Crippen LogP contribution in [0.5, 0.6) is 0 Å². The van der Waals surface area contributed by atoms with Crippen LogP contribution in [0.4, 0.5) is 0 Å². The van der Waals surface area contributed by atoms with Crippen LogP contribution < -0.4 is 10.6 Å². The third kappa shape index (κ3) is 4.34. The fraction of sp³-hybridized carbons (Fsp3) is 0.917. The lowest BCUT2D eigenvalue weighted by Gasteiger charge is -2.38. The minimum Gasteiger partial charge on any atom is -0.350 e. The van der Waals surface area contributed by atoms with Gasteiger partial charge >= 0.3 is 0 Å². The molecule has 1 aliphatic carbocycles. The van der Waals surface area contributed by atoms with Crippen LogP contribution in [0.15, 0.2) is 0 Å². The van der Waals surface area contributed by atoms with E-state index in [9.17, 15) is 4.79 Å². The number of thioether (sulfide) groups is 1. The van der Waals surface area contributed by atoms with E-state index in [1.54, 1.807) is 6.92 Å². The van der Waals surface area contributed by atoms with Gasteiger partial charge in [0.05, 0.1) is 10.9 Å². The smallest absolute Gasteiger partial charge is 0.217 e. The molecule has 1 rings (SSSR count). The first kappa shape index (κ1) is 13.8. The van der Waals surface area contributed by atoms with Gasteiger partial charge in [-0.05, 0) is 26.0 Å². The van der Waals surface area contributed by atoms with Crippen molar-refractivity contribution in [3.05, 3.63) is 0 Å². The summed E-state index contributed by atoms with van der Waals surface area (Å²) in [6.45, 7) is 4.68. The second-order valence-electron chi connectivity index (χ2n) is 4.78. The van der Waals surface area contributed by atoms with Gasteiger partial charge in [-0.3, -0.25) is 4.79 Å². The third-order valence-electron chi connectivity index (χ3n) is 3.33. The van der Waals surface area contributed by atoms with Gasteiger partial charge in [0.15, 0.2) is 0 Å². The standard InChI is InChI=1S/C12H24N2OS/c1-10(15)14-12(7-5-4-6-8-12)9-13-11(2)16-3/h11,13H,4-9H2,1-3H3,(H,14,15). The fourth-order valence-corrected chi connectivity index (χ4v) is 2.62. The van der Waals surface area contributed by atoms with Crippen molar-refractivity contribution in [3.8, 4) is 0 Å². The van der Waals surface area contributed by atoms with Gasteiger partial charge in [0.2, 0.25) is 5.91 Å². The Morgan fingerprint density at radius 3 is 2.50 bits per heavy atom. The molecule has 1 aliphatic rings. The van der Waals surface area contributed by atoms with E-state index in [0.717, 1.165) is 19.4 Å². The molecule has 0 heterocycles. The molecule has 0 bridgehead atoms. The van der Waals surface area contributed by atoms with Crippen LogP contribution in [0.2, 0.25) is 0 Å². The molecule has 0 radical (unpaired) electrons. The van der Waals surface area contributed by atoms with Crippen molar-refractivity contribution < 1.29 is 4.79 Å². The number of rotatable bonds is 5. The lowest BCUT2D eigenvalue weighted by molar-refractivity contribution is -0.121. The van der Waals surface area contributed by atoms with Crippen LogP contribution in [0, 0.1) is 0 Å². The van der Waals surface area contributed by atoms with E-state index in [0.29, 0.717) is 5.37 Å². The first-order chi connectivity index (χ1) is 7.58. The molecule has 0 aliphatic heterocycles. The zero-order valence-corrected chi connectivity index (χ0v) is 11.5. The molecule has 16 heavy (non-hydrogen) atoms. The highest BCUT2D eigenvalue weighted by atomic mass is 32.2. The maximum atomic E-state index is 11.3. The van der Waals surface area contributed by atoms with Crippen molar-refractivity contribution in [1.29, 1.82) is 0 Å². The molecule has 1 amide bonds. The molecule has 0 aromatic rings. The largest absolute Gasteiger partial charge is 0.350 e. The molecule has 0 aromatic carbocycles. The summed E-state index contributed by atoms with van der Waals surface area (Å²) in [5.41, 5.74) is 0.00801. The van der Waals surface area contributed by atoms with Crippen LogP contribution in [-0.4, -0.2) is 29.6 Å². The molecule has 94 valence electrons. The Hall–Kier alpha value is -0.220. The summed E-state index contributed by atoms with van der Waals surface area (Å²) < 4.78 is 0. The Balaban J connectivity index is 2.52. The van der Waals surface area contributed by atoms with Gasteiger partial charge in [-0.25, -0.2) is 0 Å². The molecule has 1 atom stereocenters. The molecule has 0 spiro atoms. The van der Waals surface area contributed by atoms with Gasteiger partial charge in [0, 0.05) is 13.5 Å². The topological polar surface area (TPSA) is 41.1 Å². The summed E-state index contributed by atoms with van der Waals surface area (Å²) in [7, 11) is 0. The first-order valence-corrected chi connectivity index (χ1v) is 7.42. The van der Waals surface area contributed by atoms with Gasteiger partial charge in [-0.2, -0.15) is 0 Å². The van der Waals surface area contributed by atoms with E-state index in [2.05, 4.69) is 23.8 Å². The van der Waals surface area contributed by atoms with E-state index in [-0.39, 0.29) is 11.4 Å². The molecule has 2 N–H and O–H groups in total. The fourth-order valence-electron chi connectivity index (χ4n) is 2.37. The summed E-state index contributed by atoms with van der Waals surface area (Å²) in [5, 5.41) is 7.11. The van der Waals surface area contributed by atoms with E-state index >= 15 is 0 Å². The van der Waals surface area contributed by atoms with Crippen LogP contribution in [0.1, 0.15) is 46.0 Å². The summed E-state index contributed by atoms with van der Waals surface area (Å²) in [5.74, 6) is 0.0977. The predicted octanol–water partition coefficient (Wildman–Crippen LogP) is 2.12. The highest BCUT2D eigenvalue weighted by molar-refractivity contribution is 7.99. The number of amides is 1. The maximum absolute atomic E-state index is 11.3. The van der Waals surface area contributed by atoms with Gasteiger partial charge < -0.3 is 10.6 Å². The molecular weight excluding hydrogens is 220 g/mol. The van der Waals surface area contributed by atoms with Crippen molar-refractivity contribution in [2.45, 2.75) is 56.9 Å². The van der Waals surface area contributed by atoms with Crippen LogP contribution in [-0.2, 0) is 4.79 Å². The SMILES string of the molecule is CSC(C)NCC1(NC(C)=O)CCCCC1. The summed E-state index contributed by atoms with van der Waals surface area (Å²) >= 11 is 1.81. The molecule has 0 saturated heterocycles. The van der Waals surface area contributed by atoms with Gasteiger partial charge in [0.1, 0.15) is 0 Å². The third-order valence-corrected chi connectivity index (χ3v) is 4.21. The zero-order valence-electron chi connectivity index (χ0n) is 10.6. The van der Waals surface area contributed by atoms with E-state index in [4.69, 9.17) is 0 Å². The number of nitrogens with one attached hydrogen (secondary N) is 2. The summed E-state index contributed by atoms with van der Waals surface area (Å²) in [6, 6.07) is 0. The average Bonchev–Trinajstić information content (AvgIpc) is 2.26. The van der Waals surface area contributed by atoms with Crippen LogP contribution in [0.3, 0.4) is 0 Å². The second-order valence-corrected chi connectivity index (χ2v) is 5.96. The Bertz CT molecular complexity index is 227. The van der Waals surface area contributed by atoms with Crippen molar-refractivity contribution in [3.63, 3.8) is 0 Å². The van der Waals surface area contributed by atoms with Gasteiger partial charge in [-0.1, -0.05) is 19.3 Å². The molecule has 0 aromatic heterocycles. The zero-order chi connectivity index (χ0) is 12.0. The number of carbonyl (C=O) groups is 1. The highest BCUT2D eigenvalue weighted by Crippen LogP contribution is 2.28. The number of hydrogen-bond donors (Lipinski definition) is 2. The minimum atomic E-state index is 0.00801. The van der Waals surface area contributed by atoms with Gasteiger partial charge in [0.25, 0.3) is 0 Å². The van der Waals surface area contributed by atoms with Crippen LogP contribution in [0.25, 0.3) is 0 Å². The van der Waals surface area contributed by atoms with E-state index in [1.807, 2.05) is 11.8 Å². The average molecular weight is 244 g/mol. The summed E-state index contributed by atoms with van der Waals surface area (Å²) in [6.07, 6.45) is 8.09. The minimum absolute atomic E-state index is 0.00801. The lowest BCUT2D eigenvalue weighted by Crippen LogP contribution is -2.56. The monoisotopic (exact) mass is 244 g/mol. The van der Waals surface area contributed by atoms with E-state index < -0.39 is 0 Å². The molecule has 4 heteroatoms. The Kier molecular flexibility index (Phi) is 5.62. The second kappa shape index (κ2) is 6.50. The van der Waals surface area contributed by atoms with Crippen molar-refractivity contribution >= 4 is 17.7 Å². The highest BCUT2D eigenvalue weighted by Gasteiger charge is 2.32. The molecule has 1 saturated carbocycles. The maximum Gasteiger partial charge on any atom is 0.217 e. The lowest BCUT2D eigenvalue weighted by atomic mass is 9.81. The summed E-state index contributed by atoms with van der Waals surface area (Å²) in [4.78, 5) is 11.3. The Morgan fingerprint density at radius 1 is 1.38 bits per heavy atom. The Labute approximate surface area is 103 Å². The normalized spacial score (nSPS) is 21.4. The van der Waals surface area contributed by atoms with E-state index in [1.165, 1.54) is 19.3 Å². The quantitative estimate of drug-likeness (QED) is 0.728. The predicted molar refractivity (Wildman–Crippen MR) is 70.6 cm³/mol. The van der Waals surface area contributed by atoms with Crippen molar-refractivity contribution in [1.82, 2.24) is 10.6 Å². The first-order valence-electron chi connectivity index (χ1n) is 6.13. The molecule has 1 fully saturated rings. The number of carbonyl (C=O) groups excluding carboxylic acids is 1. The molecular formula is C12H24N2OS. The number of hydrogen-bond acceptors (Lipinski definition) is 3. The van der Waals surface area contributed by atoms with Gasteiger partial charge in [-0.15, -0.1) is 11.8 Å². The van der Waals surface area contributed by atoms with Crippen molar-refractivity contribution in [2.75, 3.05) is 12.8 Å². The van der Waals surface area contributed by atoms with Crippen LogP contribution >= 0.6 is 11.8 Å². The molecule has 1 unspecified atom stereocenters.